The maximum absolute atomic E-state index is 5.19. The van der Waals surface area contributed by atoms with Crippen molar-refractivity contribution < 1.29 is 4.74 Å². The molecule has 0 aromatic heterocycles. The van der Waals surface area contributed by atoms with Gasteiger partial charge in [-0.15, -0.1) is 0 Å². The van der Waals surface area contributed by atoms with Crippen molar-refractivity contribution in [3.63, 3.8) is 0 Å². The van der Waals surface area contributed by atoms with E-state index in [4.69, 9.17) is 4.74 Å². The second-order valence-electron chi connectivity index (χ2n) is 5.74. The first-order chi connectivity index (χ1) is 10.1. The van der Waals surface area contributed by atoms with Crippen LogP contribution in [0.3, 0.4) is 0 Å². The summed E-state index contributed by atoms with van der Waals surface area (Å²) in [6.45, 7) is 8.46. The fraction of sp³-hybridized carbons (Fsp3) is 0.588. The van der Waals surface area contributed by atoms with Gasteiger partial charge in [-0.3, -0.25) is 4.99 Å². The van der Waals surface area contributed by atoms with Crippen LogP contribution in [0.25, 0.3) is 0 Å². The first-order valence-electron chi connectivity index (χ1n) is 7.65. The van der Waals surface area contributed by atoms with Crippen molar-refractivity contribution in [1.29, 1.82) is 0 Å². The Bertz CT molecular complexity index is 426. The lowest BCUT2D eigenvalue weighted by atomic mass is 9.98. The highest BCUT2D eigenvalue weighted by Crippen LogP contribution is 2.21. The number of benzene rings is 1. The Kier molecular flexibility index (Phi) is 7.65. The van der Waals surface area contributed by atoms with E-state index in [0.717, 1.165) is 31.2 Å². The zero-order valence-electron chi connectivity index (χ0n) is 13.9. The van der Waals surface area contributed by atoms with Crippen LogP contribution in [0, 0.1) is 5.92 Å². The minimum absolute atomic E-state index is 0.506. The van der Waals surface area contributed by atoms with Crippen LogP contribution in [0.1, 0.15) is 38.7 Å². The van der Waals surface area contributed by atoms with Crippen LogP contribution in [0.15, 0.2) is 29.3 Å². The minimum Gasteiger partial charge on any atom is -0.497 e. The van der Waals surface area contributed by atoms with Gasteiger partial charge in [0.25, 0.3) is 0 Å². The van der Waals surface area contributed by atoms with E-state index in [0.29, 0.717) is 11.8 Å². The first-order valence-corrected chi connectivity index (χ1v) is 7.65. The Hall–Kier alpha value is -1.71. The molecular weight excluding hydrogens is 262 g/mol. The van der Waals surface area contributed by atoms with Gasteiger partial charge < -0.3 is 15.4 Å². The van der Waals surface area contributed by atoms with Crippen LogP contribution in [0.2, 0.25) is 0 Å². The van der Waals surface area contributed by atoms with Crippen molar-refractivity contribution in [3.8, 4) is 5.75 Å². The van der Waals surface area contributed by atoms with E-state index in [9.17, 15) is 0 Å². The molecule has 21 heavy (non-hydrogen) atoms. The number of aliphatic imine (C=N–C) groups is 1. The van der Waals surface area contributed by atoms with E-state index < -0.39 is 0 Å². The molecule has 4 heteroatoms. The van der Waals surface area contributed by atoms with Gasteiger partial charge in [0.15, 0.2) is 5.96 Å². The van der Waals surface area contributed by atoms with Gasteiger partial charge in [0.2, 0.25) is 0 Å². The molecule has 1 rings (SSSR count). The standard InChI is InChI=1S/C17H29N3O/c1-13(2)12-20-17(18-4)19-11-10-14(3)15-6-8-16(21-5)9-7-15/h6-9,13-14H,10-12H2,1-5H3,(H2,18,19,20). The lowest BCUT2D eigenvalue weighted by Gasteiger charge is -2.16. The third kappa shape index (κ3) is 6.52. The van der Waals surface area contributed by atoms with E-state index in [1.54, 1.807) is 7.11 Å². The van der Waals surface area contributed by atoms with Gasteiger partial charge in [-0.2, -0.15) is 0 Å². The van der Waals surface area contributed by atoms with Crippen LogP contribution >= 0.6 is 0 Å². The van der Waals surface area contributed by atoms with Crippen molar-refractivity contribution in [2.24, 2.45) is 10.9 Å². The normalized spacial score (nSPS) is 13.1. The lowest BCUT2D eigenvalue weighted by molar-refractivity contribution is 0.414. The second kappa shape index (κ2) is 9.27. The summed E-state index contributed by atoms with van der Waals surface area (Å²) < 4.78 is 5.19. The maximum Gasteiger partial charge on any atom is 0.190 e. The Morgan fingerprint density at radius 3 is 2.33 bits per heavy atom. The Morgan fingerprint density at radius 1 is 1.14 bits per heavy atom. The molecule has 0 aliphatic rings. The third-order valence-electron chi connectivity index (χ3n) is 3.46. The molecule has 0 saturated heterocycles. The fourth-order valence-electron chi connectivity index (χ4n) is 2.03. The van der Waals surface area contributed by atoms with Crippen molar-refractivity contribution in [2.75, 3.05) is 27.2 Å². The summed E-state index contributed by atoms with van der Waals surface area (Å²) in [6, 6.07) is 8.30. The minimum atomic E-state index is 0.506. The van der Waals surface area contributed by atoms with Crippen molar-refractivity contribution in [3.05, 3.63) is 29.8 Å². The van der Waals surface area contributed by atoms with E-state index in [1.807, 2.05) is 19.2 Å². The Morgan fingerprint density at radius 2 is 1.81 bits per heavy atom. The van der Waals surface area contributed by atoms with Gasteiger partial charge in [0.05, 0.1) is 7.11 Å². The van der Waals surface area contributed by atoms with Crippen molar-refractivity contribution in [2.45, 2.75) is 33.1 Å². The van der Waals surface area contributed by atoms with Gasteiger partial charge >= 0.3 is 0 Å². The molecule has 4 nitrogen and oxygen atoms in total. The van der Waals surface area contributed by atoms with Gasteiger partial charge in [-0.05, 0) is 36.0 Å². The molecular formula is C17H29N3O. The molecule has 0 spiro atoms. The predicted octanol–water partition coefficient (Wildman–Crippen LogP) is 3.01. The lowest BCUT2D eigenvalue weighted by Crippen LogP contribution is -2.39. The summed E-state index contributed by atoms with van der Waals surface area (Å²) in [4.78, 5) is 4.23. The highest BCUT2D eigenvalue weighted by atomic mass is 16.5. The molecule has 2 N–H and O–H groups in total. The molecule has 0 amide bonds. The number of guanidine groups is 1. The molecule has 0 saturated carbocycles. The summed E-state index contributed by atoms with van der Waals surface area (Å²) in [5.74, 6) is 2.90. The zero-order chi connectivity index (χ0) is 15.7. The molecule has 0 radical (unpaired) electrons. The maximum atomic E-state index is 5.19. The SMILES string of the molecule is CN=C(NCCC(C)c1ccc(OC)cc1)NCC(C)C. The topological polar surface area (TPSA) is 45.7 Å². The van der Waals surface area contributed by atoms with Crippen LogP contribution in [0.4, 0.5) is 0 Å². The van der Waals surface area contributed by atoms with Gasteiger partial charge in [0.1, 0.15) is 5.75 Å². The number of methoxy groups -OCH3 is 1. The van der Waals surface area contributed by atoms with Gasteiger partial charge in [0, 0.05) is 20.1 Å². The average molecular weight is 291 g/mol. The molecule has 1 atom stereocenters. The molecule has 0 aliphatic carbocycles. The predicted molar refractivity (Wildman–Crippen MR) is 90.2 cm³/mol. The zero-order valence-corrected chi connectivity index (χ0v) is 13.9. The Labute approximate surface area is 129 Å². The molecule has 1 unspecified atom stereocenters. The molecule has 0 heterocycles. The fourth-order valence-corrected chi connectivity index (χ4v) is 2.03. The number of hydrogen-bond donors (Lipinski definition) is 2. The third-order valence-corrected chi connectivity index (χ3v) is 3.46. The van der Waals surface area contributed by atoms with Crippen molar-refractivity contribution in [1.82, 2.24) is 10.6 Å². The number of nitrogens with one attached hydrogen (secondary N) is 2. The summed E-state index contributed by atoms with van der Waals surface area (Å²) in [7, 11) is 3.50. The summed E-state index contributed by atoms with van der Waals surface area (Å²) in [6.07, 6.45) is 1.06. The highest BCUT2D eigenvalue weighted by molar-refractivity contribution is 5.79. The van der Waals surface area contributed by atoms with Gasteiger partial charge in [-0.25, -0.2) is 0 Å². The molecule has 1 aromatic rings. The largest absolute Gasteiger partial charge is 0.497 e. The summed E-state index contributed by atoms with van der Waals surface area (Å²) in [5.41, 5.74) is 1.34. The van der Waals surface area contributed by atoms with Crippen LogP contribution in [-0.4, -0.2) is 33.2 Å². The van der Waals surface area contributed by atoms with E-state index >= 15 is 0 Å². The smallest absolute Gasteiger partial charge is 0.190 e. The molecule has 118 valence electrons. The van der Waals surface area contributed by atoms with E-state index in [-0.39, 0.29) is 0 Å². The van der Waals surface area contributed by atoms with E-state index in [1.165, 1.54) is 5.56 Å². The monoisotopic (exact) mass is 291 g/mol. The molecule has 1 aromatic carbocycles. The number of nitrogens with zero attached hydrogens (tertiary/aromatic N) is 1. The number of rotatable bonds is 7. The van der Waals surface area contributed by atoms with E-state index in [2.05, 4.69) is 48.5 Å². The van der Waals surface area contributed by atoms with Gasteiger partial charge in [-0.1, -0.05) is 32.9 Å². The molecule has 0 bridgehead atoms. The Balaban J connectivity index is 2.36. The number of hydrogen-bond acceptors (Lipinski definition) is 2. The molecule has 0 aliphatic heterocycles. The average Bonchev–Trinajstić information content (AvgIpc) is 2.50. The van der Waals surface area contributed by atoms with Crippen LogP contribution < -0.4 is 15.4 Å². The summed E-state index contributed by atoms with van der Waals surface area (Å²) >= 11 is 0. The molecule has 0 fully saturated rings. The quantitative estimate of drug-likeness (QED) is 0.599. The summed E-state index contributed by atoms with van der Waals surface area (Å²) in [5, 5.41) is 6.68. The van der Waals surface area contributed by atoms with Crippen LogP contribution in [0.5, 0.6) is 5.75 Å². The highest BCUT2D eigenvalue weighted by Gasteiger charge is 2.06. The number of ether oxygens (including phenoxy) is 1. The van der Waals surface area contributed by atoms with Crippen LogP contribution in [-0.2, 0) is 0 Å². The second-order valence-corrected chi connectivity index (χ2v) is 5.74. The first kappa shape index (κ1) is 17.3. The van der Waals surface area contributed by atoms with Crippen molar-refractivity contribution >= 4 is 5.96 Å².